The average molecular weight is 214 g/mol. The van der Waals surface area contributed by atoms with E-state index in [-0.39, 0.29) is 5.60 Å². The minimum absolute atomic E-state index is 0.303. The van der Waals surface area contributed by atoms with Crippen LogP contribution in [0.2, 0.25) is 0 Å². The summed E-state index contributed by atoms with van der Waals surface area (Å²) in [6.45, 7) is 8.16. The molecule has 1 aliphatic heterocycles. The van der Waals surface area contributed by atoms with E-state index in [1.54, 1.807) is 0 Å². The molecule has 0 radical (unpaired) electrons. The molecule has 15 heavy (non-hydrogen) atoms. The second-order valence-electron chi connectivity index (χ2n) is 5.76. The molecule has 1 heterocycles. The minimum atomic E-state index is -0.475. The van der Waals surface area contributed by atoms with Crippen molar-refractivity contribution in [2.24, 2.45) is 0 Å². The summed E-state index contributed by atoms with van der Waals surface area (Å²) < 4.78 is 6.17. The maximum Gasteiger partial charge on any atom is 0.202 e. The van der Waals surface area contributed by atoms with Crippen LogP contribution in [-0.4, -0.2) is 17.0 Å². The van der Waals surface area contributed by atoms with Crippen LogP contribution in [0.5, 0.6) is 0 Å². The molecule has 0 aromatic carbocycles. The van der Waals surface area contributed by atoms with Gasteiger partial charge < -0.3 is 4.74 Å². The zero-order valence-corrected chi connectivity index (χ0v) is 10.3. The third-order valence-corrected chi connectivity index (χ3v) is 3.91. The molecule has 1 aliphatic carbocycles. The molecule has 88 valence electrons. The summed E-state index contributed by atoms with van der Waals surface area (Å²) in [7, 11) is 0. The predicted molar refractivity (Wildman–Crippen MR) is 57.2 cm³/mol. The van der Waals surface area contributed by atoms with Gasteiger partial charge in [0.2, 0.25) is 5.79 Å². The van der Waals surface area contributed by atoms with Crippen molar-refractivity contribution in [1.82, 2.24) is 0 Å². The van der Waals surface area contributed by atoms with Gasteiger partial charge in [0.05, 0.1) is 5.60 Å². The van der Waals surface area contributed by atoms with E-state index < -0.39 is 11.4 Å². The smallest absolute Gasteiger partial charge is 0.202 e. The molecular formula is C12H22O3. The molecule has 0 unspecified atom stereocenters. The van der Waals surface area contributed by atoms with Crippen LogP contribution >= 0.6 is 0 Å². The van der Waals surface area contributed by atoms with Crippen LogP contribution in [0.4, 0.5) is 0 Å². The van der Waals surface area contributed by atoms with Gasteiger partial charge in [-0.25, -0.2) is 9.78 Å². The van der Waals surface area contributed by atoms with Gasteiger partial charge in [-0.1, -0.05) is 6.42 Å². The fourth-order valence-electron chi connectivity index (χ4n) is 2.16. The molecule has 0 aromatic rings. The molecule has 0 N–H and O–H groups in total. The first-order chi connectivity index (χ1) is 6.87. The lowest BCUT2D eigenvalue weighted by atomic mass is 9.86. The van der Waals surface area contributed by atoms with Gasteiger partial charge in [-0.15, -0.1) is 0 Å². The van der Waals surface area contributed by atoms with Crippen molar-refractivity contribution in [3.63, 3.8) is 0 Å². The van der Waals surface area contributed by atoms with Crippen LogP contribution in [0.15, 0.2) is 0 Å². The summed E-state index contributed by atoms with van der Waals surface area (Å²) >= 11 is 0. The Hall–Kier alpha value is -0.120. The van der Waals surface area contributed by atoms with Gasteiger partial charge in [0.15, 0.2) is 0 Å². The number of rotatable bonds is 0. The molecular weight excluding hydrogens is 192 g/mol. The molecule has 1 spiro atoms. The lowest BCUT2D eigenvalue weighted by Gasteiger charge is -2.52. The van der Waals surface area contributed by atoms with Crippen molar-refractivity contribution >= 4 is 0 Å². The third-order valence-electron chi connectivity index (χ3n) is 3.91. The van der Waals surface area contributed by atoms with E-state index in [9.17, 15) is 0 Å². The standard InChI is InChI=1S/C12H22O3/c1-10(2)11(3,4)14-15-12(13-10)8-6-5-7-9-12/h5-9H2,1-4H3. The number of ether oxygens (including phenoxy) is 1. The summed E-state index contributed by atoms with van der Waals surface area (Å²) in [5.74, 6) is -0.475. The fourth-order valence-corrected chi connectivity index (χ4v) is 2.16. The maximum absolute atomic E-state index is 6.17. The maximum atomic E-state index is 6.17. The van der Waals surface area contributed by atoms with Crippen LogP contribution in [0, 0.1) is 0 Å². The van der Waals surface area contributed by atoms with Gasteiger partial charge >= 0.3 is 0 Å². The van der Waals surface area contributed by atoms with Gasteiger partial charge in [0.25, 0.3) is 0 Å². The monoisotopic (exact) mass is 214 g/mol. The van der Waals surface area contributed by atoms with E-state index >= 15 is 0 Å². The van der Waals surface area contributed by atoms with Crippen molar-refractivity contribution in [2.45, 2.75) is 76.8 Å². The van der Waals surface area contributed by atoms with Gasteiger partial charge in [-0.05, 0) is 40.5 Å². The Labute approximate surface area is 92.0 Å². The normalized spacial score (nSPS) is 32.8. The van der Waals surface area contributed by atoms with Crippen LogP contribution in [0.3, 0.4) is 0 Å². The van der Waals surface area contributed by atoms with Gasteiger partial charge in [-0.2, -0.15) is 0 Å². The molecule has 1 saturated carbocycles. The Bertz CT molecular complexity index is 239. The Morgan fingerprint density at radius 3 is 1.87 bits per heavy atom. The molecule has 2 aliphatic rings. The Morgan fingerprint density at radius 1 is 0.733 bits per heavy atom. The SMILES string of the molecule is CC1(C)OOC2(CCCCC2)OC1(C)C. The molecule has 0 aromatic heterocycles. The second-order valence-corrected chi connectivity index (χ2v) is 5.76. The van der Waals surface area contributed by atoms with Crippen LogP contribution < -0.4 is 0 Å². The van der Waals surface area contributed by atoms with Crippen molar-refractivity contribution in [3.8, 4) is 0 Å². The zero-order chi connectivity index (χ0) is 11.2. The van der Waals surface area contributed by atoms with Crippen molar-refractivity contribution < 1.29 is 14.5 Å². The molecule has 3 heteroatoms. The van der Waals surface area contributed by atoms with Crippen LogP contribution in [0.25, 0.3) is 0 Å². The van der Waals surface area contributed by atoms with E-state index in [0.717, 1.165) is 12.8 Å². The topological polar surface area (TPSA) is 27.7 Å². The Balaban J connectivity index is 2.14. The van der Waals surface area contributed by atoms with Gasteiger partial charge in [-0.3, -0.25) is 0 Å². The summed E-state index contributed by atoms with van der Waals surface area (Å²) in [5, 5.41) is 0. The van der Waals surface area contributed by atoms with Crippen LogP contribution in [-0.2, 0) is 14.5 Å². The lowest BCUT2D eigenvalue weighted by Crippen LogP contribution is -2.61. The molecule has 3 nitrogen and oxygen atoms in total. The summed E-state index contributed by atoms with van der Waals surface area (Å²) in [6.07, 6.45) is 5.51. The quantitative estimate of drug-likeness (QED) is 0.580. The highest BCUT2D eigenvalue weighted by molar-refractivity contribution is 4.94. The number of hydrogen-bond donors (Lipinski definition) is 0. The molecule has 1 saturated heterocycles. The summed E-state index contributed by atoms with van der Waals surface area (Å²) in [4.78, 5) is 11.1. The molecule has 0 atom stereocenters. The van der Waals surface area contributed by atoms with E-state index in [1.807, 2.05) is 13.8 Å². The molecule has 2 fully saturated rings. The number of hydrogen-bond acceptors (Lipinski definition) is 3. The fraction of sp³-hybridized carbons (Fsp3) is 1.00. The highest BCUT2D eigenvalue weighted by Crippen LogP contribution is 2.45. The zero-order valence-electron chi connectivity index (χ0n) is 10.3. The Morgan fingerprint density at radius 2 is 1.33 bits per heavy atom. The molecule has 2 rings (SSSR count). The Kier molecular flexibility index (Phi) is 2.61. The molecule has 0 bridgehead atoms. The van der Waals surface area contributed by atoms with E-state index in [2.05, 4.69) is 13.8 Å². The van der Waals surface area contributed by atoms with Crippen LogP contribution in [0.1, 0.15) is 59.8 Å². The highest BCUT2D eigenvalue weighted by atomic mass is 17.3. The van der Waals surface area contributed by atoms with E-state index in [1.165, 1.54) is 19.3 Å². The van der Waals surface area contributed by atoms with Crippen molar-refractivity contribution in [3.05, 3.63) is 0 Å². The van der Waals surface area contributed by atoms with E-state index in [0.29, 0.717) is 0 Å². The summed E-state index contributed by atoms with van der Waals surface area (Å²) in [6, 6.07) is 0. The third kappa shape index (κ3) is 1.93. The lowest BCUT2D eigenvalue weighted by molar-refractivity contribution is -0.543. The highest BCUT2D eigenvalue weighted by Gasteiger charge is 2.53. The minimum Gasteiger partial charge on any atom is -0.338 e. The first kappa shape index (κ1) is 11.4. The van der Waals surface area contributed by atoms with Crippen molar-refractivity contribution in [1.29, 1.82) is 0 Å². The van der Waals surface area contributed by atoms with Gasteiger partial charge in [0, 0.05) is 12.8 Å². The van der Waals surface area contributed by atoms with Gasteiger partial charge in [0.1, 0.15) is 5.60 Å². The summed E-state index contributed by atoms with van der Waals surface area (Å²) in [5.41, 5.74) is -0.696. The first-order valence-corrected chi connectivity index (χ1v) is 5.94. The van der Waals surface area contributed by atoms with E-state index in [4.69, 9.17) is 14.5 Å². The van der Waals surface area contributed by atoms with Crippen molar-refractivity contribution in [2.75, 3.05) is 0 Å². The largest absolute Gasteiger partial charge is 0.338 e. The first-order valence-electron chi connectivity index (χ1n) is 5.94. The average Bonchev–Trinajstić information content (AvgIpc) is 2.14. The molecule has 0 amide bonds. The second kappa shape index (κ2) is 3.44. The predicted octanol–water partition coefficient (Wildman–Crippen LogP) is 3.18.